The van der Waals surface area contributed by atoms with Crippen LogP contribution in [0.4, 0.5) is 0 Å². The molecule has 1 aromatic heterocycles. The van der Waals surface area contributed by atoms with Gasteiger partial charge in [-0.25, -0.2) is 4.79 Å². The highest BCUT2D eigenvalue weighted by Gasteiger charge is 2.32. The third kappa shape index (κ3) is 1.87. The zero-order valence-corrected chi connectivity index (χ0v) is 11.1. The molecule has 20 heavy (non-hydrogen) atoms. The Morgan fingerprint density at radius 1 is 1.15 bits per heavy atom. The summed E-state index contributed by atoms with van der Waals surface area (Å²) < 4.78 is 16.9. The van der Waals surface area contributed by atoms with Crippen LogP contribution in [0.1, 0.15) is 17.7 Å². The first-order valence-electron chi connectivity index (χ1n) is 7.06. The van der Waals surface area contributed by atoms with Gasteiger partial charge in [0.25, 0.3) is 0 Å². The summed E-state index contributed by atoms with van der Waals surface area (Å²) in [6, 6.07) is 7.57. The maximum Gasteiger partial charge on any atom is 0.343 e. The van der Waals surface area contributed by atoms with E-state index in [-0.39, 0.29) is 11.7 Å². The Morgan fingerprint density at radius 3 is 2.80 bits per heavy atom. The summed E-state index contributed by atoms with van der Waals surface area (Å²) >= 11 is 0. The zero-order chi connectivity index (χ0) is 13.5. The van der Waals surface area contributed by atoms with E-state index in [9.17, 15) is 4.79 Å². The lowest BCUT2D eigenvalue weighted by molar-refractivity contribution is -0.0178. The third-order valence-corrected chi connectivity index (χ3v) is 4.34. The minimum Gasteiger partial charge on any atom is -0.427 e. The minimum atomic E-state index is -0.248. The molecule has 4 rings (SSSR count). The number of hydrogen-bond acceptors (Lipinski definition) is 4. The van der Waals surface area contributed by atoms with Crippen LogP contribution < -0.4 is 5.63 Å². The molecule has 1 aromatic carbocycles. The van der Waals surface area contributed by atoms with Crippen molar-refractivity contribution >= 4 is 10.8 Å². The molecule has 0 amide bonds. The Bertz CT molecular complexity index is 697. The third-order valence-electron chi connectivity index (χ3n) is 4.34. The van der Waals surface area contributed by atoms with Crippen molar-refractivity contribution < 1.29 is 13.9 Å². The topological polar surface area (TPSA) is 48.7 Å². The first-order valence-corrected chi connectivity index (χ1v) is 7.06. The van der Waals surface area contributed by atoms with E-state index < -0.39 is 0 Å². The van der Waals surface area contributed by atoms with Gasteiger partial charge in [-0.3, -0.25) is 0 Å². The summed E-state index contributed by atoms with van der Waals surface area (Å²) in [7, 11) is 0. The summed E-state index contributed by atoms with van der Waals surface area (Å²) in [6.07, 6.45) is 1.80. The molecule has 104 valence electrons. The van der Waals surface area contributed by atoms with Crippen molar-refractivity contribution in [2.24, 2.45) is 5.92 Å². The fourth-order valence-electron chi connectivity index (χ4n) is 3.21. The lowest BCUT2D eigenvalue weighted by atomic mass is 9.93. The second-order valence-electron chi connectivity index (χ2n) is 5.51. The van der Waals surface area contributed by atoms with Crippen molar-refractivity contribution in [2.45, 2.75) is 25.6 Å². The molecule has 2 aliphatic rings. The van der Waals surface area contributed by atoms with E-state index in [1.165, 1.54) is 0 Å². The van der Waals surface area contributed by atoms with Crippen LogP contribution in [-0.4, -0.2) is 19.3 Å². The van der Waals surface area contributed by atoms with E-state index in [4.69, 9.17) is 13.9 Å². The van der Waals surface area contributed by atoms with Crippen molar-refractivity contribution in [1.82, 2.24) is 0 Å². The molecule has 3 heterocycles. The summed E-state index contributed by atoms with van der Waals surface area (Å²) in [6.45, 7) is 2.07. The highest BCUT2D eigenvalue weighted by molar-refractivity contribution is 5.84. The van der Waals surface area contributed by atoms with Gasteiger partial charge in [0.2, 0.25) is 0 Å². The van der Waals surface area contributed by atoms with Gasteiger partial charge in [-0.15, -0.1) is 0 Å². The van der Waals surface area contributed by atoms with Crippen molar-refractivity contribution in [2.75, 3.05) is 13.2 Å². The molecule has 2 unspecified atom stereocenters. The van der Waals surface area contributed by atoms with E-state index >= 15 is 0 Å². The summed E-state index contributed by atoms with van der Waals surface area (Å²) in [5.74, 6) is 1.21. The van der Waals surface area contributed by atoms with Gasteiger partial charge in [-0.2, -0.15) is 0 Å². The molecule has 0 bridgehead atoms. The highest BCUT2D eigenvalue weighted by atomic mass is 16.5. The molecule has 2 aliphatic heterocycles. The first kappa shape index (κ1) is 12.1. The Hall–Kier alpha value is -1.65. The molecule has 4 nitrogen and oxygen atoms in total. The number of fused-ring (bicyclic) bond motifs is 3. The van der Waals surface area contributed by atoms with Crippen LogP contribution in [0.25, 0.3) is 10.8 Å². The van der Waals surface area contributed by atoms with Crippen LogP contribution >= 0.6 is 0 Å². The normalized spacial score (nSPS) is 25.8. The average Bonchev–Trinajstić information content (AvgIpc) is 3.01. The van der Waals surface area contributed by atoms with Gasteiger partial charge >= 0.3 is 5.63 Å². The van der Waals surface area contributed by atoms with Gasteiger partial charge in [0.05, 0.1) is 24.7 Å². The van der Waals surface area contributed by atoms with Crippen LogP contribution in [0.15, 0.2) is 33.5 Å². The predicted octanol–water partition coefficient (Wildman–Crippen LogP) is 2.27. The van der Waals surface area contributed by atoms with Gasteiger partial charge in [-0.05, 0) is 17.9 Å². The van der Waals surface area contributed by atoms with Crippen LogP contribution in [-0.2, 0) is 22.5 Å². The van der Waals surface area contributed by atoms with Crippen molar-refractivity contribution in [1.29, 1.82) is 0 Å². The lowest BCUT2D eigenvalue weighted by Crippen LogP contribution is -2.31. The minimum absolute atomic E-state index is 0.106. The molecule has 2 aromatic rings. The van der Waals surface area contributed by atoms with E-state index in [0.717, 1.165) is 36.3 Å². The van der Waals surface area contributed by atoms with Gasteiger partial charge < -0.3 is 13.9 Å². The Labute approximate surface area is 116 Å². The smallest absolute Gasteiger partial charge is 0.343 e. The Balaban J connectivity index is 1.76. The molecular formula is C16H16O4. The fraction of sp³-hybridized carbons (Fsp3) is 0.438. The van der Waals surface area contributed by atoms with Crippen LogP contribution in [0, 0.1) is 5.92 Å². The molecule has 1 fully saturated rings. The monoisotopic (exact) mass is 272 g/mol. The zero-order valence-electron chi connectivity index (χ0n) is 11.1. The first-order chi connectivity index (χ1) is 9.83. The summed E-state index contributed by atoms with van der Waals surface area (Å²) in [5.41, 5.74) is 0.776. The maximum atomic E-state index is 12.0. The second-order valence-corrected chi connectivity index (χ2v) is 5.51. The molecule has 0 radical (unpaired) electrons. The molecular weight excluding hydrogens is 256 g/mol. The molecule has 0 spiro atoms. The number of hydrogen-bond donors (Lipinski definition) is 0. The second kappa shape index (κ2) is 4.72. The average molecular weight is 272 g/mol. The van der Waals surface area contributed by atoms with Gasteiger partial charge in [0, 0.05) is 24.5 Å². The van der Waals surface area contributed by atoms with Crippen LogP contribution in [0.5, 0.6) is 0 Å². The number of rotatable bonds is 1. The van der Waals surface area contributed by atoms with Gasteiger partial charge in [0.15, 0.2) is 0 Å². The molecule has 4 heteroatoms. The van der Waals surface area contributed by atoms with Gasteiger partial charge in [0.1, 0.15) is 5.76 Å². The fourth-order valence-corrected chi connectivity index (χ4v) is 3.21. The Morgan fingerprint density at radius 2 is 2.00 bits per heavy atom. The number of ether oxygens (including phenoxy) is 2. The highest BCUT2D eigenvalue weighted by Crippen LogP contribution is 2.31. The largest absolute Gasteiger partial charge is 0.427 e. The van der Waals surface area contributed by atoms with Crippen molar-refractivity contribution in [3.8, 4) is 0 Å². The lowest BCUT2D eigenvalue weighted by Gasteiger charge is -2.28. The number of benzene rings is 1. The molecule has 0 aliphatic carbocycles. The van der Waals surface area contributed by atoms with E-state index in [0.29, 0.717) is 24.3 Å². The molecule has 2 atom stereocenters. The van der Waals surface area contributed by atoms with Crippen molar-refractivity contribution in [3.63, 3.8) is 0 Å². The maximum absolute atomic E-state index is 12.0. The molecule has 0 N–H and O–H groups in total. The Kier molecular flexibility index (Phi) is 2.86. The van der Waals surface area contributed by atoms with E-state index in [1.54, 1.807) is 6.07 Å². The van der Waals surface area contributed by atoms with E-state index in [2.05, 4.69) is 0 Å². The van der Waals surface area contributed by atoms with E-state index in [1.807, 2.05) is 18.2 Å². The molecule has 1 saturated heterocycles. The SMILES string of the molecule is O=c1oc2c(c3ccccc13)COC(C1CCOC1)C2. The van der Waals surface area contributed by atoms with Crippen LogP contribution in [0.2, 0.25) is 0 Å². The molecule has 0 saturated carbocycles. The standard InChI is InChI=1S/C16H16O4/c17-16-12-4-2-1-3-11(12)13-9-19-14(7-15(13)20-16)10-5-6-18-8-10/h1-4,10,14H,5-9H2. The van der Waals surface area contributed by atoms with Crippen molar-refractivity contribution in [3.05, 3.63) is 46.0 Å². The predicted molar refractivity (Wildman–Crippen MR) is 73.7 cm³/mol. The summed E-state index contributed by atoms with van der Waals surface area (Å²) in [5, 5.41) is 1.59. The van der Waals surface area contributed by atoms with Gasteiger partial charge in [-0.1, -0.05) is 18.2 Å². The quantitative estimate of drug-likeness (QED) is 0.799. The van der Waals surface area contributed by atoms with Crippen LogP contribution in [0.3, 0.4) is 0 Å². The summed E-state index contributed by atoms with van der Waals surface area (Å²) in [4.78, 5) is 12.0.